The molecular formula is C21H24N4O2. The Labute approximate surface area is 159 Å². The Kier molecular flexibility index (Phi) is 5.76. The van der Waals surface area contributed by atoms with Gasteiger partial charge < -0.3 is 20.1 Å². The van der Waals surface area contributed by atoms with Crippen LogP contribution in [0.1, 0.15) is 19.5 Å². The van der Waals surface area contributed by atoms with Gasteiger partial charge in [-0.1, -0.05) is 0 Å². The van der Waals surface area contributed by atoms with E-state index in [1.807, 2.05) is 75.4 Å². The van der Waals surface area contributed by atoms with Crippen molar-refractivity contribution in [2.45, 2.75) is 26.9 Å². The summed E-state index contributed by atoms with van der Waals surface area (Å²) in [5, 5.41) is 6.52. The van der Waals surface area contributed by atoms with Crippen molar-refractivity contribution < 1.29 is 9.47 Å². The molecule has 140 valence electrons. The molecular weight excluding hydrogens is 340 g/mol. The van der Waals surface area contributed by atoms with E-state index in [1.165, 1.54) is 0 Å². The first-order valence-corrected chi connectivity index (χ1v) is 8.82. The molecule has 1 heterocycles. The lowest BCUT2D eigenvalue weighted by atomic mass is 10.3. The fraction of sp³-hybridized carbons (Fsp3) is 0.238. The Hall–Kier alpha value is -3.28. The van der Waals surface area contributed by atoms with Crippen LogP contribution in [0.4, 0.5) is 23.1 Å². The quantitative estimate of drug-likeness (QED) is 0.610. The fourth-order valence-electron chi connectivity index (χ4n) is 2.53. The molecule has 6 nitrogen and oxygen atoms in total. The number of aromatic nitrogens is 2. The number of anilines is 4. The second kappa shape index (κ2) is 8.40. The minimum Gasteiger partial charge on any atom is -0.497 e. The number of hydrogen-bond acceptors (Lipinski definition) is 6. The molecule has 0 aliphatic carbocycles. The summed E-state index contributed by atoms with van der Waals surface area (Å²) in [5.74, 6) is 2.90. The first-order chi connectivity index (χ1) is 13.0. The molecule has 0 fully saturated rings. The molecule has 2 N–H and O–H groups in total. The van der Waals surface area contributed by atoms with Gasteiger partial charge >= 0.3 is 0 Å². The van der Waals surface area contributed by atoms with Crippen LogP contribution in [0.15, 0.2) is 54.6 Å². The summed E-state index contributed by atoms with van der Waals surface area (Å²) in [5.41, 5.74) is 2.69. The van der Waals surface area contributed by atoms with Gasteiger partial charge in [-0.2, -0.15) is 4.98 Å². The number of rotatable bonds is 7. The van der Waals surface area contributed by atoms with E-state index in [2.05, 4.69) is 20.6 Å². The van der Waals surface area contributed by atoms with E-state index in [9.17, 15) is 0 Å². The van der Waals surface area contributed by atoms with Gasteiger partial charge in [-0.25, -0.2) is 4.98 Å². The van der Waals surface area contributed by atoms with Gasteiger partial charge in [0.15, 0.2) is 0 Å². The van der Waals surface area contributed by atoms with E-state index in [-0.39, 0.29) is 6.10 Å². The van der Waals surface area contributed by atoms with Crippen LogP contribution in [0, 0.1) is 6.92 Å². The van der Waals surface area contributed by atoms with Crippen molar-refractivity contribution in [3.05, 3.63) is 60.3 Å². The Morgan fingerprint density at radius 3 is 2.00 bits per heavy atom. The Morgan fingerprint density at radius 2 is 1.41 bits per heavy atom. The van der Waals surface area contributed by atoms with Gasteiger partial charge in [-0.05, 0) is 69.3 Å². The van der Waals surface area contributed by atoms with E-state index in [0.29, 0.717) is 5.95 Å². The molecule has 27 heavy (non-hydrogen) atoms. The fourth-order valence-corrected chi connectivity index (χ4v) is 2.53. The van der Waals surface area contributed by atoms with Gasteiger partial charge in [0.1, 0.15) is 17.3 Å². The van der Waals surface area contributed by atoms with Crippen molar-refractivity contribution in [3.63, 3.8) is 0 Å². The van der Waals surface area contributed by atoms with E-state index in [4.69, 9.17) is 9.47 Å². The number of nitrogens with one attached hydrogen (secondary N) is 2. The van der Waals surface area contributed by atoms with Crippen LogP contribution in [-0.4, -0.2) is 23.2 Å². The van der Waals surface area contributed by atoms with E-state index >= 15 is 0 Å². The van der Waals surface area contributed by atoms with Crippen LogP contribution in [0.5, 0.6) is 11.5 Å². The van der Waals surface area contributed by atoms with Crippen molar-refractivity contribution in [1.29, 1.82) is 0 Å². The summed E-state index contributed by atoms with van der Waals surface area (Å²) in [6, 6.07) is 17.3. The number of nitrogens with zero attached hydrogens (tertiary/aromatic N) is 2. The molecule has 0 spiro atoms. The highest BCUT2D eigenvalue weighted by Crippen LogP contribution is 2.22. The van der Waals surface area contributed by atoms with Crippen LogP contribution in [-0.2, 0) is 0 Å². The van der Waals surface area contributed by atoms with Gasteiger partial charge in [-0.3, -0.25) is 0 Å². The van der Waals surface area contributed by atoms with Crippen LogP contribution in [0.2, 0.25) is 0 Å². The van der Waals surface area contributed by atoms with Crippen molar-refractivity contribution in [2.24, 2.45) is 0 Å². The average molecular weight is 364 g/mol. The SMILES string of the molecule is COc1ccc(Nc2nc(C)cc(Nc3ccc(OC(C)C)cc3)n2)cc1. The highest BCUT2D eigenvalue weighted by atomic mass is 16.5. The smallest absolute Gasteiger partial charge is 0.229 e. The molecule has 2 aromatic carbocycles. The number of ether oxygens (including phenoxy) is 2. The maximum atomic E-state index is 5.67. The first kappa shape index (κ1) is 18.5. The highest BCUT2D eigenvalue weighted by Gasteiger charge is 2.05. The summed E-state index contributed by atoms with van der Waals surface area (Å²) in [4.78, 5) is 8.99. The molecule has 0 bridgehead atoms. The minimum absolute atomic E-state index is 0.153. The second-order valence-electron chi connectivity index (χ2n) is 6.39. The molecule has 0 atom stereocenters. The lowest BCUT2D eigenvalue weighted by molar-refractivity contribution is 0.242. The molecule has 0 amide bonds. The molecule has 0 aliphatic heterocycles. The third-order valence-electron chi connectivity index (χ3n) is 3.70. The molecule has 0 aliphatic rings. The average Bonchev–Trinajstić information content (AvgIpc) is 2.63. The van der Waals surface area contributed by atoms with Gasteiger partial charge in [-0.15, -0.1) is 0 Å². The number of aryl methyl sites for hydroxylation is 1. The molecule has 1 aromatic heterocycles. The predicted octanol–water partition coefficient (Wildman–Crippen LogP) is 5.07. The van der Waals surface area contributed by atoms with Gasteiger partial charge in [0.25, 0.3) is 0 Å². The van der Waals surface area contributed by atoms with Crippen LogP contribution in [0.25, 0.3) is 0 Å². The van der Waals surface area contributed by atoms with Gasteiger partial charge in [0, 0.05) is 23.1 Å². The van der Waals surface area contributed by atoms with Crippen molar-refractivity contribution in [3.8, 4) is 11.5 Å². The highest BCUT2D eigenvalue weighted by molar-refractivity contribution is 5.61. The zero-order valence-electron chi connectivity index (χ0n) is 16.0. The van der Waals surface area contributed by atoms with Crippen molar-refractivity contribution >= 4 is 23.1 Å². The molecule has 6 heteroatoms. The van der Waals surface area contributed by atoms with Crippen molar-refractivity contribution in [2.75, 3.05) is 17.7 Å². The lowest BCUT2D eigenvalue weighted by Crippen LogP contribution is -2.05. The number of methoxy groups -OCH3 is 1. The van der Waals surface area contributed by atoms with Crippen LogP contribution < -0.4 is 20.1 Å². The number of hydrogen-bond donors (Lipinski definition) is 2. The first-order valence-electron chi connectivity index (χ1n) is 8.82. The summed E-state index contributed by atoms with van der Waals surface area (Å²) in [6.07, 6.45) is 0.153. The van der Waals surface area contributed by atoms with E-state index in [1.54, 1.807) is 7.11 Å². The van der Waals surface area contributed by atoms with Crippen molar-refractivity contribution in [1.82, 2.24) is 9.97 Å². The molecule has 0 radical (unpaired) electrons. The normalized spacial score (nSPS) is 10.6. The maximum Gasteiger partial charge on any atom is 0.229 e. The van der Waals surface area contributed by atoms with Crippen LogP contribution in [0.3, 0.4) is 0 Å². The molecule has 3 aromatic rings. The summed E-state index contributed by atoms with van der Waals surface area (Å²) in [7, 11) is 1.64. The predicted molar refractivity (Wildman–Crippen MR) is 109 cm³/mol. The Morgan fingerprint density at radius 1 is 0.815 bits per heavy atom. The third kappa shape index (κ3) is 5.34. The largest absolute Gasteiger partial charge is 0.497 e. The van der Waals surface area contributed by atoms with Gasteiger partial charge in [0.2, 0.25) is 5.95 Å². The summed E-state index contributed by atoms with van der Waals surface area (Å²) >= 11 is 0. The summed E-state index contributed by atoms with van der Waals surface area (Å²) in [6.45, 7) is 5.95. The minimum atomic E-state index is 0.153. The molecule has 0 saturated heterocycles. The van der Waals surface area contributed by atoms with E-state index in [0.717, 1.165) is 34.4 Å². The molecule has 3 rings (SSSR count). The van der Waals surface area contributed by atoms with Gasteiger partial charge in [0.05, 0.1) is 13.2 Å². The van der Waals surface area contributed by atoms with Crippen LogP contribution >= 0.6 is 0 Å². The Bertz CT molecular complexity index is 878. The lowest BCUT2D eigenvalue weighted by Gasteiger charge is -2.12. The Balaban J connectivity index is 1.72. The second-order valence-corrected chi connectivity index (χ2v) is 6.39. The molecule has 0 unspecified atom stereocenters. The zero-order valence-corrected chi connectivity index (χ0v) is 16.0. The standard InChI is InChI=1S/C21H24N4O2/c1-14(2)27-19-11-7-16(8-12-19)23-20-13-15(3)22-21(25-20)24-17-5-9-18(26-4)10-6-17/h5-14H,1-4H3,(H2,22,23,24,25). The number of benzene rings is 2. The maximum absolute atomic E-state index is 5.67. The topological polar surface area (TPSA) is 68.3 Å². The monoisotopic (exact) mass is 364 g/mol. The third-order valence-corrected chi connectivity index (χ3v) is 3.70. The molecule has 0 saturated carbocycles. The summed E-state index contributed by atoms with van der Waals surface area (Å²) < 4.78 is 10.8. The van der Waals surface area contributed by atoms with E-state index < -0.39 is 0 Å². The zero-order chi connectivity index (χ0) is 19.2.